The van der Waals surface area contributed by atoms with E-state index in [-0.39, 0.29) is 40.5 Å². The van der Waals surface area contributed by atoms with Gasteiger partial charge >= 0.3 is 35.6 Å². The maximum absolute atomic E-state index is 11.4. The number of hydrogen-bond donors (Lipinski definition) is 3. The second-order valence-electron chi connectivity index (χ2n) is 3.73. The van der Waals surface area contributed by atoms with Gasteiger partial charge in [0.05, 0.1) is 4.90 Å². The number of hydrogen-bond acceptors (Lipinski definition) is 3. The van der Waals surface area contributed by atoms with Crippen LogP contribution in [0.5, 0.6) is 0 Å². The summed E-state index contributed by atoms with van der Waals surface area (Å²) in [6.07, 6.45) is 1.89. The molecular formula is C11H16N2NaO4S+. The Balaban J connectivity index is 0.00000324. The van der Waals surface area contributed by atoms with Gasteiger partial charge in [-0.1, -0.05) is 13.3 Å². The number of benzene rings is 1. The van der Waals surface area contributed by atoms with E-state index in [1.165, 1.54) is 24.3 Å². The van der Waals surface area contributed by atoms with E-state index in [4.69, 9.17) is 4.55 Å². The fraction of sp³-hybridized carbons (Fsp3) is 0.364. The third-order valence-electron chi connectivity index (χ3n) is 2.23. The summed E-state index contributed by atoms with van der Waals surface area (Å²) in [4.78, 5) is 11.2. The van der Waals surface area contributed by atoms with Gasteiger partial charge < -0.3 is 10.6 Å². The van der Waals surface area contributed by atoms with Gasteiger partial charge in [0.15, 0.2) is 0 Å². The van der Waals surface area contributed by atoms with Crippen molar-refractivity contribution in [3.8, 4) is 0 Å². The molecule has 0 aromatic heterocycles. The standard InChI is InChI=1S/C11H16N2O4S.Na/c1-2-3-8-12-11(14)13-9-4-6-10(7-5-9)18(15,16)17;/h4-7H,2-3,8H2,1H3,(H2,12,13,14)(H,15,16,17);/q;+1. The Kier molecular flexibility index (Phi) is 8.28. The molecule has 0 aliphatic heterocycles. The van der Waals surface area contributed by atoms with Crippen LogP contribution in [0.25, 0.3) is 0 Å². The molecule has 1 rings (SSSR count). The number of amides is 2. The second-order valence-corrected chi connectivity index (χ2v) is 5.16. The zero-order chi connectivity index (χ0) is 13.6. The maximum Gasteiger partial charge on any atom is 1.00 e. The number of anilines is 1. The summed E-state index contributed by atoms with van der Waals surface area (Å²) in [6, 6.07) is 4.90. The van der Waals surface area contributed by atoms with E-state index in [0.29, 0.717) is 12.2 Å². The van der Waals surface area contributed by atoms with Gasteiger partial charge in [0, 0.05) is 12.2 Å². The van der Waals surface area contributed by atoms with Crippen molar-refractivity contribution in [3.63, 3.8) is 0 Å². The Morgan fingerprint density at radius 1 is 1.26 bits per heavy atom. The zero-order valence-electron chi connectivity index (χ0n) is 11.0. The Labute approximate surface area is 135 Å². The fourth-order valence-electron chi connectivity index (χ4n) is 1.26. The van der Waals surface area contributed by atoms with E-state index in [1.807, 2.05) is 6.92 Å². The van der Waals surface area contributed by atoms with E-state index >= 15 is 0 Å². The Morgan fingerprint density at radius 2 is 1.84 bits per heavy atom. The minimum Gasteiger partial charge on any atom is -0.338 e. The molecule has 0 heterocycles. The van der Waals surface area contributed by atoms with Crippen LogP contribution >= 0.6 is 0 Å². The number of nitrogens with one attached hydrogen (secondary N) is 2. The number of carbonyl (C=O) groups is 1. The molecule has 0 fully saturated rings. The first-order valence-electron chi connectivity index (χ1n) is 5.56. The molecule has 0 unspecified atom stereocenters. The van der Waals surface area contributed by atoms with Crippen LogP contribution in [0.1, 0.15) is 19.8 Å². The minimum absolute atomic E-state index is 0. The van der Waals surface area contributed by atoms with Crippen LogP contribution in [0, 0.1) is 0 Å². The summed E-state index contributed by atoms with van der Waals surface area (Å²) in [5, 5.41) is 5.21. The predicted molar refractivity (Wildman–Crippen MR) is 68.2 cm³/mol. The van der Waals surface area contributed by atoms with Crippen molar-refractivity contribution in [2.24, 2.45) is 0 Å². The van der Waals surface area contributed by atoms with Crippen LogP contribution in [0.3, 0.4) is 0 Å². The molecule has 100 valence electrons. The van der Waals surface area contributed by atoms with Crippen molar-refractivity contribution in [3.05, 3.63) is 24.3 Å². The zero-order valence-corrected chi connectivity index (χ0v) is 13.8. The molecule has 8 heteroatoms. The number of urea groups is 1. The van der Waals surface area contributed by atoms with E-state index < -0.39 is 10.1 Å². The Hall–Kier alpha value is -0.600. The van der Waals surface area contributed by atoms with Gasteiger partial charge in [-0.05, 0) is 30.7 Å². The first-order chi connectivity index (χ1) is 8.43. The first kappa shape index (κ1) is 18.4. The first-order valence-corrected chi connectivity index (χ1v) is 7.00. The van der Waals surface area contributed by atoms with E-state index in [9.17, 15) is 13.2 Å². The Bertz CT molecular complexity index is 502. The summed E-state index contributed by atoms with van der Waals surface area (Å²) < 4.78 is 30.4. The molecule has 0 bridgehead atoms. The molecule has 0 atom stereocenters. The van der Waals surface area contributed by atoms with Crippen molar-refractivity contribution < 1.29 is 47.3 Å². The third-order valence-corrected chi connectivity index (χ3v) is 3.09. The number of rotatable bonds is 5. The molecule has 0 aliphatic carbocycles. The van der Waals surface area contributed by atoms with Gasteiger partial charge in [-0.25, -0.2) is 4.79 Å². The normalized spacial score (nSPS) is 10.4. The van der Waals surface area contributed by atoms with E-state index in [2.05, 4.69) is 10.6 Å². The summed E-state index contributed by atoms with van der Waals surface area (Å²) in [5.41, 5.74) is 0.455. The van der Waals surface area contributed by atoms with Crippen molar-refractivity contribution in [2.75, 3.05) is 11.9 Å². The summed E-state index contributed by atoms with van der Waals surface area (Å²) in [6.45, 7) is 2.61. The van der Waals surface area contributed by atoms with Crippen LogP contribution in [-0.4, -0.2) is 25.5 Å². The van der Waals surface area contributed by atoms with Crippen molar-refractivity contribution >= 4 is 21.8 Å². The largest absolute Gasteiger partial charge is 1.00 e. The van der Waals surface area contributed by atoms with E-state index in [0.717, 1.165) is 12.8 Å². The van der Waals surface area contributed by atoms with Crippen LogP contribution in [0.4, 0.5) is 10.5 Å². The number of carbonyl (C=O) groups excluding carboxylic acids is 1. The predicted octanol–water partition coefficient (Wildman–Crippen LogP) is -1.14. The molecule has 1 aromatic rings. The maximum atomic E-state index is 11.4. The molecule has 1 aromatic carbocycles. The van der Waals surface area contributed by atoms with Gasteiger partial charge in [-0.2, -0.15) is 8.42 Å². The SMILES string of the molecule is CCCCNC(=O)Nc1ccc(S(=O)(=O)O)cc1.[Na+]. The fourth-order valence-corrected chi connectivity index (χ4v) is 1.74. The molecule has 0 aliphatic rings. The summed E-state index contributed by atoms with van der Waals surface area (Å²) >= 11 is 0. The summed E-state index contributed by atoms with van der Waals surface area (Å²) in [5.74, 6) is 0. The van der Waals surface area contributed by atoms with Gasteiger partial charge in [0.1, 0.15) is 0 Å². The van der Waals surface area contributed by atoms with Gasteiger partial charge in [0.25, 0.3) is 10.1 Å². The van der Waals surface area contributed by atoms with E-state index in [1.54, 1.807) is 0 Å². The molecule has 2 amide bonds. The average molecular weight is 295 g/mol. The van der Waals surface area contributed by atoms with Crippen LogP contribution in [-0.2, 0) is 10.1 Å². The Morgan fingerprint density at radius 3 is 2.32 bits per heavy atom. The molecule has 0 spiro atoms. The second kappa shape index (κ2) is 8.55. The molecule has 6 nitrogen and oxygen atoms in total. The molecule has 0 saturated heterocycles. The van der Waals surface area contributed by atoms with Crippen LogP contribution in [0.2, 0.25) is 0 Å². The minimum atomic E-state index is -4.19. The van der Waals surface area contributed by atoms with Crippen LogP contribution in [0.15, 0.2) is 29.2 Å². The van der Waals surface area contributed by atoms with Crippen LogP contribution < -0.4 is 40.2 Å². The van der Waals surface area contributed by atoms with Crippen molar-refractivity contribution in [1.82, 2.24) is 5.32 Å². The third kappa shape index (κ3) is 6.93. The van der Waals surface area contributed by atoms with Crippen molar-refractivity contribution in [1.29, 1.82) is 0 Å². The van der Waals surface area contributed by atoms with Gasteiger partial charge in [-0.3, -0.25) is 4.55 Å². The molecule has 0 saturated carbocycles. The summed E-state index contributed by atoms with van der Waals surface area (Å²) in [7, 11) is -4.19. The molecule has 19 heavy (non-hydrogen) atoms. The molecule has 3 N–H and O–H groups in total. The van der Waals surface area contributed by atoms with Crippen molar-refractivity contribution in [2.45, 2.75) is 24.7 Å². The monoisotopic (exact) mass is 295 g/mol. The van der Waals surface area contributed by atoms with Gasteiger partial charge in [0.2, 0.25) is 0 Å². The van der Waals surface area contributed by atoms with Gasteiger partial charge in [-0.15, -0.1) is 0 Å². The molecular weight excluding hydrogens is 279 g/mol. The quantitative estimate of drug-likeness (QED) is 0.363. The molecule has 0 radical (unpaired) electrons. The smallest absolute Gasteiger partial charge is 0.338 e. The average Bonchev–Trinajstić information content (AvgIpc) is 2.29. The topological polar surface area (TPSA) is 95.5 Å². The number of unbranched alkanes of at least 4 members (excludes halogenated alkanes) is 1.